The molecule has 174 valence electrons. The van der Waals surface area contributed by atoms with E-state index in [1.54, 1.807) is 13.8 Å². The summed E-state index contributed by atoms with van der Waals surface area (Å²) in [7, 11) is -3.64. The van der Waals surface area contributed by atoms with Crippen molar-refractivity contribution in [2.24, 2.45) is 5.92 Å². The minimum absolute atomic E-state index is 0.127. The van der Waals surface area contributed by atoms with Gasteiger partial charge in [-0.3, -0.25) is 4.79 Å². The zero-order valence-electron chi connectivity index (χ0n) is 18.9. The van der Waals surface area contributed by atoms with E-state index >= 15 is 0 Å². The van der Waals surface area contributed by atoms with Gasteiger partial charge in [-0.2, -0.15) is 4.31 Å². The smallest absolute Gasteiger partial charge is 0.255 e. The molecule has 2 fully saturated rings. The lowest BCUT2D eigenvalue weighted by molar-refractivity contribution is 0.0641. The average Bonchev–Trinajstić information content (AvgIpc) is 3.03. The van der Waals surface area contributed by atoms with Crippen LogP contribution in [0.4, 0.5) is 0 Å². The van der Waals surface area contributed by atoms with Crippen molar-refractivity contribution in [1.82, 2.24) is 14.1 Å². The second-order valence-electron chi connectivity index (χ2n) is 8.71. The standard InChI is InChI=1S/C23H36ClN3O3S/c1-3-27(4-2)31(29,30)20-11-12-22(24)21(16-20)23(28)26-15-9-10-19(18-26)17-25-13-7-5-6-8-14-25/h11-12,16,19H,3-10,13-15,17-18H2,1-2H3. The van der Waals surface area contributed by atoms with Gasteiger partial charge in [0.15, 0.2) is 0 Å². The lowest BCUT2D eigenvalue weighted by Gasteiger charge is -2.35. The highest BCUT2D eigenvalue weighted by Crippen LogP contribution is 2.27. The zero-order valence-corrected chi connectivity index (χ0v) is 20.4. The normalized spacial score (nSPS) is 21.3. The van der Waals surface area contributed by atoms with Crippen LogP contribution >= 0.6 is 11.6 Å². The number of carbonyl (C=O) groups is 1. The number of hydrogen-bond donors (Lipinski definition) is 0. The van der Waals surface area contributed by atoms with Crippen LogP contribution in [0.25, 0.3) is 0 Å². The lowest BCUT2D eigenvalue weighted by Crippen LogP contribution is -2.44. The summed E-state index contributed by atoms with van der Waals surface area (Å²) in [5.41, 5.74) is 0.283. The first-order chi connectivity index (χ1) is 14.9. The second kappa shape index (κ2) is 11.1. The third kappa shape index (κ3) is 6.01. The van der Waals surface area contributed by atoms with Crippen LogP contribution in [0.2, 0.25) is 5.02 Å². The van der Waals surface area contributed by atoms with E-state index in [2.05, 4.69) is 4.90 Å². The molecule has 0 aromatic heterocycles. The molecule has 6 nitrogen and oxygen atoms in total. The number of sulfonamides is 1. The zero-order chi connectivity index (χ0) is 22.4. The molecule has 0 saturated carbocycles. The van der Waals surface area contributed by atoms with E-state index in [-0.39, 0.29) is 16.4 Å². The Morgan fingerprint density at radius 3 is 2.39 bits per heavy atom. The first-order valence-electron chi connectivity index (χ1n) is 11.7. The molecule has 2 heterocycles. The predicted octanol–water partition coefficient (Wildman–Crippen LogP) is 4.10. The summed E-state index contributed by atoms with van der Waals surface area (Å²) in [4.78, 5) is 17.9. The van der Waals surface area contributed by atoms with Crippen LogP contribution < -0.4 is 0 Å². The first-order valence-corrected chi connectivity index (χ1v) is 13.5. The Kier molecular flexibility index (Phi) is 8.79. The molecule has 0 aliphatic carbocycles. The fourth-order valence-electron chi connectivity index (χ4n) is 4.79. The lowest BCUT2D eigenvalue weighted by atomic mass is 9.96. The number of hydrogen-bond acceptors (Lipinski definition) is 4. The molecule has 8 heteroatoms. The molecular weight excluding hydrogens is 434 g/mol. The van der Waals surface area contributed by atoms with E-state index < -0.39 is 10.0 Å². The highest BCUT2D eigenvalue weighted by atomic mass is 35.5. The fourth-order valence-corrected chi connectivity index (χ4v) is 6.48. The number of amides is 1. The molecule has 1 unspecified atom stereocenters. The Hall–Kier alpha value is -1.15. The summed E-state index contributed by atoms with van der Waals surface area (Å²) < 4.78 is 27.2. The number of carbonyl (C=O) groups excluding carboxylic acids is 1. The molecule has 1 aromatic carbocycles. The van der Waals surface area contributed by atoms with Gasteiger partial charge in [-0.15, -0.1) is 0 Å². The molecule has 0 bridgehead atoms. The Labute approximate surface area is 192 Å². The number of benzene rings is 1. The highest BCUT2D eigenvalue weighted by molar-refractivity contribution is 7.89. The van der Waals surface area contributed by atoms with Crippen molar-refractivity contribution in [2.75, 3.05) is 45.8 Å². The molecular formula is C23H36ClN3O3S. The van der Waals surface area contributed by atoms with Crippen molar-refractivity contribution in [3.63, 3.8) is 0 Å². The first kappa shape index (κ1) is 24.5. The van der Waals surface area contributed by atoms with E-state index in [9.17, 15) is 13.2 Å². The summed E-state index contributed by atoms with van der Waals surface area (Å²) in [6.45, 7) is 9.13. The van der Waals surface area contributed by atoms with Crippen molar-refractivity contribution in [2.45, 2.75) is 57.3 Å². The summed E-state index contributed by atoms with van der Waals surface area (Å²) in [6.07, 6.45) is 7.26. The van der Waals surface area contributed by atoms with Gasteiger partial charge in [0.1, 0.15) is 0 Å². The van der Waals surface area contributed by atoms with Gasteiger partial charge in [0.05, 0.1) is 15.5 Å². The van der Waals surface area contributed by atoms with Gasteiger partial charge in [0.2, 0.25) is 10.0 Å². The minimum Gasteiger partial charge on any atom is -0.338 e. The maximum atomic E-state index is 13.3. The van der Waals surface area contributed by atoms with Gasteiger partial charge >= 0.3 is 0 Å². The van der Waals surface area contributed by atoms with E-state index in [1.165, 1.54) is 48.2 Å². The van der Waals surface area contributed by atoms with Crippen molar-refractivity contribution >= 4 is 27.5 Å². The SMILES string of the molecule is CCN(CC)S(=O)(=O)c1ccc(Cl)c(C(=O)N2CCCC(CN3CCCCCC3)C2)c1. The summed E-state index contributed by atoms with van der Waals surface area (Å²) >= 11 is 6.35. The number of halogens is 1. The van der Waals surface area contributed by atoms with Crippen LogP contribution in [0.1, 0.15) is 62.7 Å². The third-order valence-corrected chi connectivity index (χ3v) is 8.91. The van der Waals surface area contributed by atoms with Gasteiger partial charge in [-0.1, -0.05) is 38.3 Å². The molecule has 2 aliphatic heterocycles. The van der Waals surface area contributed by atoms with Gasteiger partial charge in [-0.05, 0) is 62.9 Å². The number of rotatable bonds is 7. The van der Waals surface area contributed by atoms with Crippen molar-refractivity contribution in [3.05, 3.63) is 28.8 Å². The molecule has 1 atom stereocenters. The van der Waals surface area contributed by atoms with Crippen molar-refractivity contribution in [1.29, 1.82) is 0 Å². The highest BCUT2D eigenvalue weighted by Gasteiger charge is 2.29. The summed E-state index contributed by atoms with van der Waals surface area (Å²) in [6, 6.07) is 4.48. The number of likely N-dealkylation sites (tertiary alicyclic amines) is 2. The van der Waals surface area contributed by atoms with Gasteiger partial charge in [0, 0.05) is 32.7 Å². The second-order valence-corrected chi connectivity index (χ2v) is 11.1. The molecule has 3 rings (SSSR count). The molecule has 0 radical (unpaired) electrons. The van der Waals surface area contributed by atoms with Crippen LogP contribution in [0, 0.1) is 5.92 Å². The predicted molar refractivity (Wildman–Crippen MR) is 125 cm³/mol. The van der Waals surface area contributed by atoms with Crippen molar-refractivity contribution in [3.8, 4) is 0 Å². The maximum Gasteiger partial charge on any atom is 0.255 e. The largest absolute Gasteiger partial charge is 0.338 e. The molecule has 31 heavy (non-hydrogen) atoms. The van der Waals surface area contributed by atoms with E-state index in [0.29, 0.717) is 37.1 Å². The van der Waals surface area contributed by atoms with Gasteiger partial charge < -0.3 is 9.80 Å². The van der Waals surface area contributed by atoms with E-state index in [4.69, 9.17) is 11.6 Å². The third-order valence-electron chi connectivity index (χ3n) is 6.53. The average molecular weight is 470 g/mol. The Morgan fingerprint density at radius 2 is 1.74 bits per heavy atom. The van der Waals surface area contributed by atoms with E-state index in [1.807, 2.05) is 4.90 Å². The van der Waals surface area contributed by atoms with Crippen LogP contribution in [0.5, 0.6) is 0 Å². The Bertz CT molecular complexity index is 850. The van der Waals surface area contributed by atoms with Crippen LogP contribution in [-0.2, 0) is 10.0 Å². The molecule has 1 aromatic rings. The molecule has 1 amide bonds. The number of piperidine rings is 1. The van der Waals surface area contributed by atoms with E-state index in [0.717, 1.165) is 32.5 Å². The minimum atomic E-state index is -3.64. The monoisotopic (exact) mass is 469 g/mol. The molecule has 2 saturated heterocycles. The molecule has 2 aliphatic rings. The Morgan fingerprint density at radius 1 is 1.06 bits per heavy atom. The number of nitrogens with zero attached hydrogens (tertiary/aromatic N) is 3. The Balaban J connectivity index is 1.74. The van der Waals surface area contributed by atoms with Crippen LogP contribution in [-0.4, -0.2) is 74.2 Å². The molecule has 0 N–H and O–H groups in total. The van der Waals surface area contributed by atoms with Crippen molar-refractivity contribution < 1.29 is 13.2 Å². The topological polar surface area (TPSA) is 60.9 Å². The van der Waals surface area contributed by atoms with Crippen LogP contribution in [0.3, 0.4) is 0 Å². The molecule has 0 spiro atoms. The van der Waals surface area contributed by atoms with Gasteiger partial charge in [-0.25, -0.2) is 8.42 Å². The summed E-state index contributed by atoms with van der Waals surface area (Å²) in [5, 5.41) is 0.304. The fraction of sp³-hybridized carbons (Fsp3) is 0.696. The van der Waals surface area contributed by atoms with Gasteiger partial charge in [0.25, 0.3) is 5.91 Å². The van der Waals surface area contributed by atoms with Crippen LogP contribution in [0.15, 0.2) is 23.1 Å². The quantitative estimate of drug-likeness (QED) is 0.603. The maximum absolute atomic E-state index is 13.3. The summed E-state index contributed by atoms with van der Waals surface area (Å²) in [5.74, 6) is 0.291.